The molecule has 2 aromatic carbocycles. The van der Waals surface area contributed by atoms with Crippen LogP contribution in [0.25, 0.3) is 0 Å². The van der Waals surface area contributed by atoms with Gasteiger partial charge in [0.15, 0.2) is 6.10 Å². The molecule has 0 aliphatic carbocycles. The summed E-state index contributed by atoms with van der Waals surface area (Å²) in [7, 11) is -1.32. The van der Waals surface area contributed by atoms with Gasteiger partial charge in [-0.05, 0) is 68.1 Å². The maximum Gasteiger partial charge on any atom is 0.407 e. The molecule has 0 bridgehead atoms. The molecule has 0 aromatic heterocycles. The average Bonchev–Trinajstić information content (AvgIpc) is 2.80. The van der Waals surface area contributed by atoms with E-state index in [2.05, 4.69) is 38.8 Å². The molecule has 0 heterocycles. The number of carbonyl (C=O) groups is 2. The number of amides is 1. The molecule has 0 unspecified atom stereocenters. The summed E-state index contributed by atoms with van der Waals surface area (Å²) in [5.41, 5.74) is 1.60. The fraction of sp³-hybridized carbons (Fsp3) is 0.533. The Labute approximate surface area is 229 Å². The van der Waals surface area contributed by atoms with Crippen LogP contribution in [0.5, 0.6) is 11.5 Å². The summed E-state index contributed by atoms with van der Waals surface area (Å²) in [6, 6.07) is 16.3. The van der Waals surface area contributed by atoms with Gasteiger partial charge in [-0.3, -0.25) is 0 Å². The third kappa shape index (κ3) is 12.5. The SMILES string of the molecule is CC(C)c1ccc(O[C@@H](Cc2ccc(OCCNC(=O)OC(C)(C)C)cc2)C(=O)OCC[Si](C)(C)C)cc1. The van der Waals surface area contributed by atoms with Gasteiger partial charge in [0.05, 0.1) is 13.2 Å². The summed E-state index contributed by atoms with van der Waals surface area (Å²) < 4.78 is 22.7. The van der Waals surface area contributed by atoms with Gasteiger partial charge in [0.2, 0.25) is 0 Å². The predicted molar refractivity (Wildman–Crippen MR) is 154 cm³/mol. The minimum Gasteiger partial charge on any atom is -0.492 e. The molecule has 0 radical (unpaired) electrons. The smallest absolute Gasteiger partial charge is 0.407 e. The lowest BCUT2D eigenvalue weighted by Crippen LogP contribution is -2.34. The van der Waals surface area contributed by atoms with Gasteiger partial charge in [-0.25, -0.2) is 9.59 Å². The van der Waals surface area contributed by atoms with E-state index < -0.39 is 25.9 Å². The monoisotopic (exact) mass is 543 g/mol. The van der Waals surface area contributed by atoms with Crippen molar-refractivity contribution in [3.8, 4) is 11.5 Å². The molecule has 0 aliphatic rings. The van der Waals surface area contributed by atoms with E-state index >= 15 is 0 Å². The first-order valence-electron chi connectivity index (χ1n) is 13.3. The van der Waals surface area contributed by atoms with Gasteiger partial charge >= 0.3 is 12.1 Å². The van der Waals surface area contributed by atoms with E-state index in [9.17, 15) is 9.59 Å². The van der Waals surface area contributed by atoms with Crippen molar-refractivity contribution in [2.75, 3.05) is 19.8 Å². The molecule has 1 N–H and O–H groups in total. The van der Waals surface area contributed by atoms with Gasteiger partial charge in [0, 0.05) is 14.5 Å². The maximum atomic E-state index is 13.0. The summed E-state index contributed by atoms with van der Waals surface area (Å²) >= 11 is 0. The first kappa shape index (κ1) is 31.2. The highest BCUT2D eigenvalue weighted by Gasteiger charge is 2.24. The standard InChI is InChI=1S/C30H45NO6Si/c1-22(2)24-11-15-26(16-12-24)36-27(28(32)35-19-20-38(6,7)8)21-23-9-13-25(14-10-23)34-18-17-31-29(33)37-30(3,4)5/h9-16,22,27H,17-21H2,1-8H3,(H,31,33)/t27-/m0/s1. The molecule has 2 aromatic rings. The van der Waals surface area contributed by atoms with Crippen molar-refractivity contribution in [1.29, 1.82) is 0 Å². The molecule has 0 spiro atoms. The second-order valence-electron chi connectivity index (χ2n) is 11.9. The molecule has 1 atom stereocenters. The lowest BCUT2D eigenvalue weighted by Gasteiger charge is -2.21. The van der Waals surface area contributed by atoms with Crippen LogP contribution in [0.15, 0.2) is 48.5 Å². The number of rotatable bonds is 13. The average molecular weight is 544 g/mol. The summed E-state index contributed by atoms with van der Waals surface area (Å²) in [4.78, 5) is 24.7. The predicted octanol–water partition coefficient (Wildman–Crippen LogP) is 6.59. The first-order valence-corrected chi connectivity index (χ1v) is 17.0. The Hall–Kier alpha value is -3.00. The molecule has 7 nitrogen and oxygen atoms in total. The third-order valence-electron chi connectivity index (χ3n) is 5.57. The van der Waals surface area contributed by atoms with Crippen LogP contribution >= 0.6 is 0 Å². The van der Waals surface area contributed by atoms with Crippen LogP contribution in [0.3, 0.4) is 0 Å². The minimum atomic E-state index is -1.32. The van der Waals surface area contributed by atoms with Crippen LogP contribution in [0.1, 0.15) is 51.7 Å². The van der Waals surface area contributed by atoms with Gasteiger partial charge in [-0.15, -0.1) is 0 Å². The largest absolute Gasteiger partial charge is 0.492 e. The molecule has 1 amide bonds. The number of esters is 1. The zero-order valence-electron chi connectivity index (χ0n) is 24.3. The number of ether oxygens (including phenoxy) is 4. The number of benzene rings is 2. The highest BCUT2D eigenvalue weighted by Crippen LogP contribution is 2.22. The molecule has 2 rings (SSSR count). The summed E-state index contributed by atoms with van der Waals surface area (Å²) in [5, 5.41) is 2.67. The highest BCUT2D eigenvalue weighted by atomic mass is 28.3. The Morgan fingerprint density at radius 3 is 2.05 bits per heavy atom. The molecule has 0 saturated heterocycles. The van der Waals surface area contributed by atoms with Crippen molar-refractivity contribution in [2.45, 2.75) is 84.3 Å². The first-order chi connectivity index (χ1) is 17.7. The molecule has 0 saturated carbocycles. The van der Waals surface area contributed by atoms with E-state index in [-0.39, 0.29) is 5.97 Å². The fourth-order valence-corrected chi connectivity index (χ4v) is 4.11. The highest BCUT2D eigenvalue weighted by molar-refractivity contribution is 6.76. The quantitative estimate of drug-likeness (QED) is 0.174. The van der Waals surface area contributed by atoms with Crippen LogP contribution in [0.4, 0.5) is 4.79 Å². The van der Waals surface area contributed by atoms with Crippen molar-refractivity contribution in [3.63, 3.8) is 0 Å². The Balaban J connectivity index is 1.97. The van der Waals surface area contributed by atoms with Crippen molar-refractivity contribution < 1.29 is 28.5 Å². The minimum absolute atomic E-state index is 0.306. The zero-order valence-corrected chi connectivity index (χ0v) is 25.3. The van der Waals surface area contributed by atoms with E-state index in [1.54, 1.807) is 0 Å². The lowest BCUT2D eigenvalue weighted by atomic mass is 10.0. The Bertz CT molecular complexity index is 1010. The number of hydrogen-bond acceptors (Lipinski definition) is 6. The Morgan fingerprint density at radius 2 is 1.50 bits per heavy atom. The van der Waals surface area contributed by atoms with Crippen molar-refractivity contribution in [3.05, 3.63) is 59.7 Å². The van der Waals surface area contributed by atoms with Crippen molar-refractivity contribution >= 4 is 20.1 Å². The zero-order chi connectivity index (χ0) is 28.3. The second-order valence-corrected chi connectivity index (χ2v) is 17.6. The molecule has 210 valence electrons. The number of hydrogen-bond donors (Lipinski definition) is 1. The number of nitrogens with one attached hydrogen (secondary N) is 1. The van der Waals surface area contributed by atoms with Gasteiger partial charge in [0.25, 0.3) is 0 Å². The van der Waals surface area contributed by atoms with Crippen LogP contribution in [-0.4, -0.2) is 51.6 Å². The van der Waals surface area contributed by atoms with E-state index in [0.717, 1.165) is 11.6 Å². The molecular formula is C30H45NO6Si. The molecule has 8 heteroatoms. The summed E-state index contributed by atoms with van der Waals surface area (Å²) in [6.45, 7) is 17.5. The van der Waals surface area contributed by atoms with Crippen molar-refractivity contribution in [2.24, 2.45) is 0 Å². The normalized spacial score (nSPS) is 12.6. The fourth-order valence-electron chi connectivity index (χ4n) is 3.39. The van der Waals surface area contributed by atoms with E-state index in [1.165, 1.54) is 5.56 Å². The molecule has 0 fully saturated rings. The maximum absolute atomic E-state index is 13.0. The number of carbonyl (C=O) groups excluding carboxylic acids is 2. The van der Waals surface area contributed by atoms with E-state index in [0.29, 0.717) is 43.6 Å². The van der Waals surface area contributed by atoms with Crippen LogP contribution in [-0.2, 0) is 20.7 Å². The molecule has 38 heavy (non-hydrogen) atoms. The van der Waals surface area contributed by atoms with Crippen LogP contribution in [0, 0.1) is 0 Å². The number of alkyl carbamates (subject to hydrolysis) is 1. The van der Waals surface area contributed by atoms with E-state index in [1.807, 2.05) is 69.3 Å². The molecule has 0 aliphatic heterocycles. The lowest BCUT2D eigenvalue weighted by molar-refractivity contribution is -0.151. The van der Waals surface area contributed by atoms with E-state index in [4.69, 9.17) is 18.9 Å². The Kier molecular flexibility index (Phi) is 11.7. The van der Waals surface area contributed by atoms with Crippen LogP contribution < -0.4 is 14.8 Å². The summed E-state index contributed by atoms with van der Waals surface area (Å²) in [6.07, 6.45) is -0.859. The van der Waals surface area contributed by atoms with Gasteiger partial charge in [0.1, 0.15) is 23.7 Å². The second kappa shape index (κ2) is 14.2. The summed E-state index contributed by atoms with van der Waals surface area (Å²) in [5.74, 6) is 1.36. The Morgan fingerprint density at radius 1 is 0.895 bits per heavy atom. The van der Waals surface area contributed by atoms with Crippen molar-refractivity contribution in [1.82, 2.24) is 5.32 Å². The van der Waals surface area contributed by atoms with Gasteiger partial charge < -0.3 is 24.3 Å². The topological polar surface area (TPSA) is 83.1 Å². The van der Waals surface area contributed by atoms with Crippen LogP contribution in [0.2, 0.25) is 25.7 Å². The molecular weight excluding hydrogens is 498 g/mol. The van der Waals surface area contributed by atoms with Gasteiger partial charge in [-0.2, -0.15) is 0 Å². The van der Waals surface area contributed by atoms with Gasteiger partial charge in [-0.1, -0.05) is 57.8 Å². The third-order valence-corrected chi connectivity index (χ3v) is 7.27.